The van der Waals surface area contributed by atoms with Crippen LogP contribution in [-0.4, -0.2) is 50.6 Å². The van der Waals surface area contributed by atoms with Crippen LogP contribution >= 0.6 is 0 Å². The molecular formula is C20H51N3O3. The van der Waals surface area contributed by atoms with Crippen molar-refractivity contribution in [1.82, 2.24) is 4.90 Å². The molecule has 0 saturated carbocycles. The van der Waals surface area contributed by atoms with Crippen molar-refractivity contribution in [3.8, 4) is 0 Å². The van der Waals surface area contributed by atoms with Crippen LogP contribution in [0.25, 0.3) is 0 Å². The summed E-state index contributed by atoms with van der Waals surface area (Å²) >= 11 is 0. The van der Waals surface area contributed by atoms with Gasteiger partial charge in [0.2, 0.25) is 5.91 Å². The summed E-state index contributed by atoms with van der Waals surface area (Å²) in [4.78, 5) is 21.8. The van der Waals surface area contributed by atoms with E-state index in [2.05, 4.69) is 38.2 Å². The summed E-state index contributed by atoms with van der Waals surface area (Å²) in [5.41, 5.74) is 9.72. The zero-order valence-electron chi connectivity index (χ0n) is 19.9. The summed E-state index contributed by atoms with van der Waals surface area (Å²) in [5, 5.41) is 0. The van der Waals surface area contributed by atoms with E-state index in [-0.39, 0.29) is 12.5 Å². The number of amides is 1. The lowest BCUT2D eigenvalue weighted by Gasteiger charge is -2.19. The van der Waals surface area contributed by atoms with Gasteiger partial charge < -0.3 is 21.1 Å². The van der Waals surface area contributed by atoms with E-state index in [1.807, 2.05) is 46.4 Å². The van der Waals surface area contributed by atoms with E-state index in [4.69, 9.17) is 10.5 Å². The number of rotatable bonds is 2. The molecule has 6 nitrogen and oxygen atoms in total. The number of nitrogens with two attached hydrogens (primary N) is 2. The average molecular weight is 382 g/mol. The maximum absolute atomic E-state index is 11.0. The van der Waals surface area contributed by atoms with E-state index >= 15 is 0 Å². The van der Waals surface area contributed by atoms with Crippen LogP contribution < -0.4 is 11.5 Å². The first-order chi connectivity index (χ1) is 12.4. The number of carbonyl (C=O) groups is 2. The third-order valence-electron chi connectivity index (χ3n) is 2.14. The molecular weight excluding hydrogens is 330 g/mol. The number of likely N-dealkylation sites (tertiary alicyclic amines) is 1. The normalized spacial score (nSPS) is 12.9. The predicted octanol–water partition coefficient (Wildman–Crippen LogP) is 4.06. The highest BCUT2D eigenvalue weighted by molar-refractivity contribution is 5.78. The zero-order valence-corrected chi connectivity index (χ0v) is 19.9. The third-order valence-corrected chi connectivity index (χ3v) is 2.14. The van der Waals surface area contributed by atoms with Gasteiger partial charge in [0.25, 0.3) is 6.47 Å². The molecule has 0 aromatic rings. The first-order valence-corrected chi connectivity index (χ1v) is 9.94. The number of hydrogen-bond acceptors (Lipinski definition) is 5. The van der Waals surface area contributed by atoms with Crippen molar-refractivity contribution >= 4 is 12.4 Å². The lowest BCUT2D eigenvalue weighted by Crippen LogP contribution is -2.37. The largest absolute Gasteiger partial charge is 0.471 e. The molecule has 1 aliphatic heterocycles. The van der Waals surface area contributed by atoms with Crippen LogP contribution in [0.2, 0.25) is 0 Å². The molecule has 6 heteroatoms. The van der Waals surface area contributed by atoms with Crippen molar-refractivity contribution in [2.45, 2.75) is 88.1 Å². The molecule has 1 unspecified atom stereocenters. The van der Waals surface area contributed by atoms with Gasteiger partial charge in [-0.05, 0) is 32.7 Å². The second kappa shape index (κ2) is 43.9. The Morgan fingerprint density at radius 1 is 1.12 bits per heavy atom. The van der Waals surface area contributed by atoms with E-state index in [0.717, 1.165) is 25.3 Å². The van der Waals surface area contributed by atoms with Crippen molar-refractivity contribution in [1.29, 1.82) is 0 Å². The molecule has 1 atom stereocenters. The third kappa shape index (κ3) is 43.4. The summed E-state index contributed by atoms with van der Waals surface area (Å²) in [6.07, 6.45) is 2.26. The first kappa shape index (κ1) is 39.8. The maximum atomic E-state index is 11.0. The molecule has 0 aromatic heterocycles. The minimum absolute atomic E-state index is 0.0880. The topological polar surface area (TPSA) is 98.7 Å². The Labute approximate surface area is 165 Å². The smallest absolute Gasteiger partial charge is 0.292 e. The van der Waals surface area contributed by atoms with Gasteiger partial charge in [-0.2, -0.15) is 0 Å². The molecule has 0 radical (unpaired) electrons. The van der Waals surface area contributed by atoms with Gasteiger partial charge >= 0.3 is 0 Å². The Morgan fingerprint density at radius 3 is 1.58 bits per heavy atom. The van der Waals surface area contributed by atoms with Gasteiger partial charge in [-0.1, -0.05) is 62.3 Å². The molecule has 1 saturated heterocycles. The first-order valence-electron chi connectivity index (χ1n) is 9.94. The summed E-state index contributed by atoms with van der Waals surface area (Å²) in [7, 11) is 2.81. The quantitative estimate of drug-likeness (QED) is 0.703. The van der Waals surface area contributed by atoms with Crippen molar-refractivity contribution in [2.75, 3.05) is 27.2 Å². The number of ether oxygens (including phenoxy) is 1. The van der Waals surface area contributed by atoms with Gasteiger partial charge in [0.15, 0.2) is 0 Å². The fourth-order valence-electron chi connectivity index (χ4n) is 1.42. The fraction of sp³-hybridized carbons (Fsp3) is 0.900. The van der Waals surface area contributed by atoms with E-state index < -0.39 is 0 Å². The number of nitrogens with zero attached hydrogens (tertiary/aromatic N) is 1. The monoisotopic (exact) mass is 381 g/mol. The molecule has 0 aliphatic carbocycles. The van der Waals surface area contributed by atoms with E-state index in [9.17, 15) is 4.79 Å². The average Bonchev–Trinajstić information content (AvgIpc) is 3.13. The maximum Gasteiger partial charge on any atom is 0.292 e. The highest BCUT2D eigenvalue weighted by Crippen LogP contribution is 2.15. The van der Waals surface area contributed by atoms with Gasteiger partial charge in [-0.15, -0.1) is 0 Å². The van der Waals surface area contributed by atoms with Crippen molar-refractivity contribution in [2.24, 2.45) is 17.4 Å². The Hall–Kier alpha value is -1.14. The molecule has 164 valence electrons. The SMILES string of the molecule is CC.CC.CC.CC(C)C.CC1CCCN1C(=O)CN.CN.COC=O. The fourth-order valence-corrected chi connectivity index (χ4v) is 1.42. The molecule has 0 bridgehead atoms. The Kier molecular flexibility index (Phi) is 67.1. The molecule has 1 aliphatic rings. The van der Waals surface area contributed by atoms with E-state index in [0.29, 0.717) is 12.5 Å². The predicted molar refractivity (Wildman–Crippen MR) is 117 cm³/mol. The second-order valence-corrected chi connectivity index (χ2v) is 4.85. The Balaban J connectivity index is -0.0000000532. The van der Waals surface area contributed by atoms with E-state index in [1.54, 1.807) is 0 Å². The van der Waals surface area contributed by atoms with Gasteiger partial charge in [-0.3, -0.25) is 9.59 Å². The summed E-state index contributed by atoms with van der Waals surface area (Å²) in [6, 6.07) is 0.413. The van der Waals surface area contributed by atoms with Crippen LogP contribution in [0.3, 0.4) is 0 Å². The molecule has 26 heavy (non-hydrogen) atoms. The molecule has 1 amide bonds. The minimum atomic E-state index is 0.0880. The molecule has 1 fully saturated rings. The summed E-state index contributed by atoms with van der Waals surface area (Å²) < 4.78 is 3.86. The molecule has 4 N–H and O–H groups in total. The van der Waals surface area contributed by atoms with Crippen LogP contribution in [0.5, 0.6) is 0 Å². The molecule has 0 aromatic carbocycles. The van der Waals surface area contributed by atoms with Crippen molar-refractivity contribution in [3.05, 3.63) is 0 Å². The van der Waals surface area contributed by atoms with Crippen LogP contribution in [0.1, 0.15) is 82.1 Å². The molecule has 1 rings (SSSR count). The zero-order chi connectivity index (χ0) is 22.6. The van der Waals surface area contributed by atoms with Crippen LogP contribution in [0, 0.1) is 5.92 Å². The standard InChI is InChI=1S/C7H14N2O.C4H10.C2H4O2.3C2H6.CH5N/c1-6-3-2-4-9(6)7(10)5-8;1-4(2)3;1-4-2-3;4*1-2/h6H,2-5,8H2,1H3;4H,1-3H3;2H,1H3;3*1-2H3;2H2,1H3. The van der Waals surface area contributed by atoms with E-state index in [1.165, 1.54) is 14.2 Å². The molecule has 1 heterocycles. The highest BCUT2D eigenvalue weighted by atomic mass is 16.5. The van der Waals surface area contributed by atoms with Crippen LogP contribution in [-0.2, 0) is 14.3 Å². The number of hydrogen-bond donors (Lipinski definition) is 2. The Morgan fingerprint density at radius 2 is 1.42 bits per heavy atom. The second-order valence-electron chi connectivity index (χ2n) is 4.85. The number of methoxy groups -OCH3 is 1. The van der Waals surface area contributed by atoms with Gasteiger partial charge in [0, 0.05) is 12.6 Å². The van der Waals surface area contributed by atoms with Gasteiger partial charge in [-0.25, -0.2) is 0 Å². The van der Waals surface area contributed by atoms with Crippen LogP contribution in [0.15, 0.2) is 0 Å². The van der Waals surface area contributed by atoms with Gasteiger partial charge in [0.05, 0.1) is 13.7 Å². The van der Waals surface area contributed by atoms with Gasteiger partial charge in [0.1, 0.15) is 0 Å². The lowest BCUT2D eigenvalue weighted by molar-refractivity contribution is -0.130. The Bertz CT molecular complexity index is 224. The molecule has 0 spiro atoms. The van der Waals surface area contributed by atoms with Crippen LogP contribution in [0.4, 0.5) is 0 Å². The lowest BCUT2D eigenvalue weighted by atomic mass is 10.2. The minimum Gasteiger partial charge on any atom is -0.471 e. The van der Waals surface area contributed by atoms with Crippen molar-refractivity contribution < 1.29 is 14.3 Å². The summed E-state index contributed by atoms with van der Waals surface area (Å²) in [6.45, 7) is 22.0. The number of carbonyl (C=O) groups excluding carboxylic acids is 2. The summed E-state index contributed by atoms with van der Waals surface area (Å²) in [5.74, 6) is 0.921. The van der Waals surface area contributed by atoms with Crippen molar-refractivity contribution in [3.63, 3.8) is 0 Å². The highest BCUT2D eigenvalue weighted by Gasteiger charge is 2.23.